The van der Waals surface area contributed by atoms with Crippen LogP contribution in [0.5, 0.6) is 5.75 Å². The topological polar surface area (TPSA) is 67.4 Å². The first-order chi connectivity index (χ1) is 14.8. The number of benzene rings is 3. The van der Waals surface area contributed by atoms with Crippen molar-refractivity contribution in [2.75, 3.05) is 12.4 Å². The van der Waals surface area contributed by atoms with Crippen LogP contribution in [0.2, 0.25) is 10.0 Å². The van der Waals surface area contributed by atoms with Gasteiger partial charge in [0.25, 0.3) is 11.8 Å². The number of hydrogen-bond acceptors (Lipinski definition) is 3. The molecule has 2 N–H and O–H groups in total. The second-order valence-electron chi connectivity index (χ2n) is 6.79. The summed E-state index contributed by atoms with van der Waals surface area (Å²) in [5.74, 6) is -0.999. The molecule has 0 radical (unpaired) electrons. The van der Waals surface area contributed by atoms with Gasteiger partial charge in [-0.2, -0.15) is 0 Å². The van der Waals surface area contributed by atoms with E-state index in [1.165, 1.54) is 31.4 Å². The average molecular weight is 524 g/mol. The van der Waals surface area contributed by atoms with E-state index in [9.17, 15) is 14.0 Å². The van der Waals surface area contributed by atoms with Gasteiger partial charge < -0.3 is 15.4 Å². The molecule has 2 amide bonds. The number of methoxy groups -OCH3 is 1. The molecule has 1 aliphatic heterocycles. The van der Waals surface area contributed by atoms with E-state index in [0.717, 1.165) is 0 Å². The molecule has 0 fully saturated rings. The average Bonchev–Trinajstić information content (AvgIpc) is 3.06. The van der Waals surface area contributed by atoms with E-state index >= 15 is 0 Å². The van der Waals surface area contributed by atoms with Crippen LogP contribution >= 0.6 is 39.1 Å². The molecule has 4 rings (SSSR count). The van der Waals surface area contributed by atoms with Crippen LogP contribution in [0.25, 0.3) is 0 Å². The lowest BCUT2D eigenvalue weighted by Crippen LogP contribution is -2.21. The van der Waals surface area contributed by atoms with Crippen molar-refractivity contribution in [1.29, 1.82) is 0 Å². The fourth-order valence-electron chi connectivity index (χ4n) is 3.52. The van der Waals surface area contributed by atoms with E-state index in [1.54, 1.807) is 24.3 Å². The van der Waals surface area contributed by atoms with Crippen molar-refractivity contribution in [2.45, 2.75) is 6.04 Å². The number of hydrogen-bond donors (Lipinski definition) is 2. The first-order valence-corrected chi connectivity index (χ1v) is 10.6. The summed E-state index contributed by atoms with van der Waals surface area (Å²) in [4.78, 5) is 25.7. The zero-order chi connectivity index (χ0) is 22.3. The third-order valence-corrected chi connectivity index (χ3v) is 5.91. The monoisotopic (exact) mass is 522 g/mol. The number of fused-ring (bicyclic) bond motifs is 1. The largest absolute Gasteiger partial charge is 0.496 e. The maximum Gasteiger partial charge on any atom is 0.259 e. The number of nitrogens with one attached hydrogen (secondary N) is 2. The molecule has 0 saturated carbocycles. The maximum atomic E-state index is 13.9. The van der Waals surface area contributed by atoms with Gasteiger partial charge in [0.1, 0.15) is 11.6 Å². The number of carbonyl (C=O) groups excluding carboxylic acids is 2. The summed E-state index contributed by atoms with van der Waals surface area (Å²) in [6, 6.07) is 11.1. The molecule has 0 aliphatic carbocycles. The van der Waals surface area contributed by atoms with Gasteiger partial charge in [-0.3, -0.25) is 9.59 Å². The molecule has 3 aromatic rings. The van der Waals surface area contributed by atoms with Crippen molar-refractivity contribution in [3.8, 4) is 5.75 Å². The Labute approximate surface area is 195 Å². The Balaban J connectivity index is 1.81. The van der Waals surface area contributed by atoms with E-state index < -0.39 is 17.8 Å². The van der Waals surface area contributed by atoms with Gasteiger partial charge in [0.2, 0.25) is 0 Å². The molecule has 1 unspecified atom stereocenters. The summed E-state index contributed by atoms with van der Waals surface area (Å²) >= 11 is 15.7. The predicted molar refractivity (Wildman–Crippen MR) is 121 cm³/mol. The molecule has 5 nitrogen and oxygen atoms in total. The number of halogens is 4. The molecule has 0 bridgehead atoms. The van der Waals surface area contributed by atoms with Crippen LogP contribution in [0, 0.1) is 5.82 Å². The Morgan fingerprint density at radius 2 is 1.94 bits per heavy atom. The summed E-state index contributed by atoms with van der Waals surface area (Å²) in [6.45, 7) is 0. The van der Waals surface area contributed by atoms with Gasteiger partial charge in [-0.1, -0.05) is 39.1 Å². The molecular weight excluding hydrogens is 510 g/mol. The van der Waals surface area contributed by atoms with Crippen LogP contribution in [0.4, 0.5) is 10.1 Å². The highest BCUT2D eigenvalue weighted by Gasteiger charge is 2.34. The SMILES string of the molecule is COc1ccc(Cl)cc1C(=O)Nc1cc(Br)cc2c1C(c1cc(F)ccc1Cl)NC2=O. The standard InChI is InChI=1S/C22H14BrCl2FN2O3/c1-31-18-5-2-11(24)8-14(18)21(29)27-17-7-10(23)6-15-19(17)20(28-22(15)30)13-9-12(26)3-4-16(13)25/h2-9,20H,1H3,(H,27,29)(H,28,30). The quantitative estimate of drug-likeness (QED) is 0.441. The third kappa shape index (κ3) is 4.13. The van der Waals surface area contributed by atoms with Crippen LogP contribution in [0.1, 0.15) is 37.9 Å². The third-order valence-electron chi connectivity index (χ3n) is 4.88. The summed E-state index contributed by atoms with van der Waals surface area (Å²) in [5, 5.41) is 6.28. The van der Waals surface area contributed by atoms with Crippen LogP contribution in [-0.2, 0) is 0 Å². The highest BCUT2D eigenvalue weighted by Crippen LogP contribution is 2.41. The van der Waals surface area contributed by atoms with Gasteiger partial charge in [-0.15, -0.1) is 0 Å². The van der Waals surface area contributed by atoms with E-state index in [2.05, 4.69) is 26.6 Å². The smallest absolute Gasteiger partial charge is 0.259 e. The Bertz CT molecular complexity index is 1240. The van der Waals surface area contributed by atoms with E-state index in [0.29, 0.717) is 37.6 Å². The van der Waals surface area contributed by atoms with Gasteiger partial charge in [-0.25, -0.2) is 4.39 Å². The second-order valence-corrected chi connectivity index (χ2v) is 8.54. The lowest BCUT2D eigenvalue weighted by Gasteiger charge is -2.18. The minimum Gasteiger partial charge on any atom is -0.496 e. The molecule has 158 valence electrons. The number of carbonyl (C=O) groups is 2. The molecule has 0 saturated heterocycles. The van der Waals surface area contributed by atoms with Crippen molar-refractivity contribution >= 4 is 56.6 Å². The molecular formula is C22H14BrCl2FN2O3. The lowest BCUT2D eigenvalue weighted by atomic mass is 9.96. The van der Waals surface area contributed by atoms with Crippen molar-refractivity contribution in [3.05, 3.63) is 91.1 Å². The first kappa shape index (κ1) is 21.6. The Kier molecular flexibility index (Phi) is 5.92. The molecule has 1 atom stereocenters. The van der Waals surface area contributed by atoms with E-state index in [-0.39, 0.29) is 16.5 Å². The van der Waals surface area contributed by atoms with Gasteiger partial charge >= 0.3 is 0 Å². The Hall–Kier alpha value is -2.61. The summed E-state index contributed by atoms with van der Waals surface area (Å²) in [5.41, 5.74) is 1.79. The van der Waals surface area contributed by atoms with Gasteiger partial charge in [0.05, 0.1) is 18.7 Å². The van der Waals surface area contributed by atoms with Crippen LogP contribution in [0.15, 0.2) is 53.0 Å². The molecule has 0 aromatic heterocycles. The summed E-state index contributed by atoms with van der Waals surface area (Å²) < 4.78 is 19.8. The highest BCUT2D eigenvalue weighted by molar-refractivity contribution is 9.10. The summed E-state index contributed by atoms with van der Waals surface area (Å²) in [6.07, 6.45) is 0. The zero-order valence-electron chi connectivity index (χ0n) is 15.9. The predicted octanol–water partition coefficient (Wildman–Crippen LogP) is 5.99. The van der Waals surface area contributed by atoms with Crippen LogP contribution in [0.3, 0.4) is 0 Å². The van der Waals surface area contributed by atoms with Crippen molar-refractivity contribution in [1.82, 2.24) is 5.32 Å². The van der Waals surface area contributed by atoms with E-state index in [4.69, 9.17) is 27.9 Å². The minimum absolute atomic E-state index is 0.223. The van der Waals surface area contributed by atoms with Gasteiger partial charge in [0.15, 0.2) is 0 Å². The first-order valence-electron chi connectivity index (χ1n) is 9.02. The fraction of sp³-hybridized carbons (Fsp3) is 0.0909. The maximum absolute atomic E-state index is 13.9. The van der Waals surface area contributed by atoms with Crippen LogP contribution < -0.4 is 15.4 Å². The number of ether oxygens (including phenoxy) is 1. The highest BCUT2D eigenvalue weighted by atomic mass is 79.9. The van der Waals surface area contributed by atoms with Crippen molar-refractivity contribution in [2.24, 2.45) is 0 Å². The van der Waals surface area contributed by atoms with Crippen LogP contribution in [-0.4, -0.2) is 18.9 Å². The molecule has 9 heteroatoms. The van der Waals surface area contributed by atoms with Crippen molar-refractivity contribution in [3.63, 3.8) is 0 Å². The number of amides is 2. The normalized spacial score (nSPS) is 14.7. The Morgan fingerprint density at radius 1 is 1.16 bits per heavy atom. The van der Waals surface area contributed by atoms with E-state index in [1.807, 2.05) is 0 Å². The Morgan fingerprint density at radius 3 is 2.68 bits per heavy atom. The molecule has 1 heterocycles. The second kappa shape index (κ2) is 8.49. The summed E-state index contributed by atoms with van der Waals surface area (Å²) in [7, 11) is 1.45. The molecule has 3 aromatic carbocycles. The fourth-order valence-corrected chi connectivity index (χ4v) is 4.37. The molecule has 31 heavy (non-hydrogen) atoms. The lowest BCUT2D eigenvalue weighted by molar-refractivity contribution is 0.0959. The zero-order valence-corrected chi connectivity index (χ0v) is 19.0. The number of anilines is 1. The van der Waals surface area contributed by atoms with Gasteiger partial charge in [-0.05, 0) is 48.5 Å². The minimum atomic E-state index is -0.740. The number of rotatable bonds is 4. The molecule has 1 aliphatic rings. The van der Waals surface area contributed by atoms with Crippen molar-refractivity contribution < 1.29 is 18.7 Å². The van der Waals surface area contributed by atoms with Gasteiger partial charge in [0, 0.05) is 36.9 Å². The molecule has 0 spiro atoms.